The van der Waals surface area contributed by atoms with E-state index in [1.54, 1.807) is 6.20 Å². The third-order valence-corrected chi connectivity index (χ3v) is 4.50. The highest BCUT2D eigenvalue weighted by molar-refractivity contribution is 9.10. The molecule has 8 heteroatoms. The number of nitrogens with one attached hydrogen (secondary N) is 2. The standard InChI is InChI=1S/C10H14BrN3O2S.ClH/c11-8-4-10(7-12-5-8)17(15,16)14-6-9-2-1-3-13-9;/h4-5,7,9,13-14H,1-3,6H2;1H. The smallest absolute Gasteiger partial charge is 0.242 e. The summed E-state index contributed by atoms with van der Waals surface area (Å²) in [6.45, 7) is 1.39. The minimum atomic E-state index is -3.45. The van der Waals surface area contributed by atoms with Gasteiger partial charge in [-0.25, -0.2) is 13.1 Å². The van der Waals surface area contributed by atoms with Gasteiger partial charge in [0, 0.05) is 29.5 Å². The second-order valence-corrected chi connectivity index (χ2v) is 6.67. The Bertz CT molecular complexity index is 492. The van der Waals surface area contributed by atoms with Crippen molar-refractivity contribution in [1.29, 1.82) is 0 Å². The van der Waals surface area contributed by atoms with Crippen molar-refractivity contribution >= 4 is 38.4 Å². The molecule has 1 aromatic heterocycles. The molecule has 1 saturated heterocycles. The quantitative estimate of drug-likeness (QED) is 0.853. The Morgan fingerprint density at radius 3 is 2.89 bits per heavy atom. The summed E-state index contributed by atoms with van der Waals surface area (Å²) in [5, 5.41) is 3.24. The number of rotatable bonds is 4. The molecule has 1 fully saturated rings. The molecule has 102 valence electrons. The number of sulfonamides is 1. The third-order valence-electron chi connectivity index (χ3n) is 2.67. The van der Waals surface area contributed by atoms with Crippen LogP contribution in [0.15, 0.2) is 27.8 Å². The van der Waals surface area contributed by atoms with E-state index in [1.165, 1.54) is 12.3 Å². The van der Waals surface area contributed by atoms with Gasteiger partial charge in [-0.1, -0.05) is 0 Å². The molecule has 2 rings (SSSR count). The molecule has 0 spiro atoms. The van der Waals surface area contributed by atoms with Crippen molar-refractivity contribution in [1.82, 2.24) is 15.0 Å². The van der Waals surface area contributed by atoms with E-state index >= 15 is 0 Å². The highest BCUT2D eigenvalue weighted by Crippen LogP contribution is 2.14. The van der Waals surface area contributed by atoms with Gasteiger partial charge < -0.3 is 5.32 Å². The molecule has 1 atom stereocenters. The zero-order valence-corrected chi connectivity index (χ0v) is 12.8. The molecule has 0 bridgehead atoms. The fourth-order valence-corrected chi connectivity index (χ4v) is 3.35. The van der Waals surface area contributed by atoms with Gasteiger partial charge in [0.25, 0.3) is 0 Å². The molecule has 0 saturated carbocycles. The van der Waals surface area contributed by atoms with Gasteiger partial charge in [-0.05, 0) is 41.4 Å². The minimum absolute atomic E-state index is 0. The Balaban J connectivity index is 0.00000162. The van der Waals surface area contributed by atoms with Crippen LogP contribution in [-0.4, -0.2) is 32.5 Å². The Labute approximate surface area is 121 Å². The molecular weight excluding hydrogens is 342 g/mol. The number of nitrogens with zero attached hydrogens (tertiary/aromatic N) is 1. The molecule has 1 aromatic rings. The van der Waals surface area contributed by atoms with Gasteiger partial charge in [0.05, 0.1) is 0 Å². The SMILES string of the molecule is Cl.O=S(=O)(NCC1CCCN1)c1cncc(Br)c1. The fourth-order valence-electron chi connectivity index (χ4n) is 1.76. The van der Waals surface area contributed by atoms with E-state index < -0.39 is 10.0 Å². The molecular formula is C10H15BrClN3O2S. The van der Waals surface area contributed by atoms with E-state index in [-0.39, 0.29) is 23.3 Å². The molecule has 0 aromatic carbocycles. The summed E-state index contributed by atoms with van der Waals surface area (Å²) in [5.74, 6) is 0. The lowest BCUT2D eigenvalue weighted by atomic mass is 10.2. The molecule has 0 aliphatic carbocycles. The summed E-state index contributed by atoms with van der Waals surface area (Å²) >= 11 is 3.20. The van der Waals surface area contributed by atoms with Crippen LogP contribution in [-0.2, 0) is 10.0 Å². The Morgan fingerprint density at radius 2 is 2.28 bits per heavy atom. The van der Waals surface area contributed by atoms with Crippen LogP contribution in [0.4, 0.5) is 0 Å². The topological polar surface area (TPSA) is 71.1 Å². The van der Waals surface area contributed by atoms with Gasteiger partial charge in [-0.2, -0.15) is 0 Å². The van der Waals surface area contributed by atoms with E-state index in [4.69, 9.17) is 0 Å². The summed E-state index contributed by atoms with van der Waals surface area (Å²) in [5.41, 5.74) is 0. The monoisotopic (exact) mass is 355 g/mol. The van der Waals surface area contributed by atoms with Gasteiger partial charge >= 0.3 is 0 Å². The molecule has 2 heterocycles. The molecule has 5 nitrogen and oxygen atoms in total. The van der Waals surface area contributed by atoms with Crippen LogP contribution < -0.4 is 10.0 Å². The van der Waals surface area contributed by atoms with Crippen molar-refractivity contribution in [3.8, 4) is 0 Å². The van der Waals surface area contributed by atoms with Crippen molar-refractivity contribution in [3.05, 3.63) is 22.9 Å². The second kappa shape index (κ2) is 6.81. The molecule has 0 radical (unpaired) electrons. The maximum absolute atomic E-state index is 11.9. The summed E-state index contributed by atoms with van der Waals surface area (Å²) in [7, 11) is -3.45. The first-order valence-corrected chi connectivity index (χ1v) is 7.69. The van der Waals surface area contributed by atoms with Crippen LogP contribution in [0.2, 0.25) is 0 Å². The molecule has 2 N–H and O–H groups in total. The number of hydrogen-bond donors (Lipinski definition) is 2. The molecule has 1 aliphatic heterocycles. The minimum Gasteiger partial charge on any atom is -0.313 e. The van der Waals surface area contributed by atoms with Crippen molar-refractivity contribution in [2.75, 3.05) is 13.1 Å². The van der Waals surface area contributed by atoms with Gasteiger partial charge in [0.2, 0.25) is 10.0 Å². The normalized spacial score (nSPS) is 19.5. The van der Waals surface area contributed by atoms with E-state index in [1.807, 2.05) is 0 Å². The van der Waals surface area contributed by atoms with Crippen LogP contribution in [0.1, 0.15) is 12.8 Å². The second-order valence-electron chi connectivity index (χ2n) is 3.98. The van der Waals surface area contributed by atoms with Crippen LogP contribution in [0.3, 0.4) is 0 Å². The van der Waals surface area contributed by atoms with Gasteiger partial charge in [0.1, 0.15) is 4.90 Å². The fraction of sp³-hybridized carbons (Fsp3) is 0.500. The Morgan fingerprint density at radius 1 is 1.50 bits per heavy atom. The van der Waals surface area contributed by atoms with Crippen molar-refractivity contribution < 1.29 is 8.42 Å². The van der Waals surface area contributed by atoms with Crippen molar-refractivity contribution in [2.45, 2.75) is 23.8 Å². The van der Waals surface area contributed by atoms with Crippen molar-refractivity contribution in [2.24, 2.45) is 0 Å². The van der Waals surface area contributed by atoms with E-state index in [9.17, 15) is 8.42 Å². The first-order chi connectivity index (χ1) is 8.08. The summed E-state index contributed by atoms with van der Waals surface area (Å²) in [6, 6.07) is 1.78. The van der Waals surface area contributed by atoms with Gasteiger partial charge in [-0.15, -0.1) is 12.4 Å². The average Bonchev–Trinajstić information content (AvgIpc) is 2.79. The molecule has 1 aliphatic rings. The molecule has 0 amide bonds. The number of hydrogen-bond acceptors (Lipinski definition) is 4. The molecule has 1 unspecified atom stereocenters. The average molecular weight is 357 g/mol. The Kier molecular flexibility index (Phi) is 6.00. The number of aromatic nitrogens is 1. The first kappa shape index (κ1) is 15.8. The Hall–Kier alpha value is -0.210. The van der Waals surface area contributed by atoms with Crippen LogP contribution >= 0.6 is 28.3 Å². The first-order valence-electron chi connectivity index (χ1n) is 5.41. The van der Waals surface area contributed by atoms with E-state index in [0.717, 1.165) is 19.4 Å². The van der Waals surface area contributed by atoms with Gasteiger partial charge in [-0.3, -0.25) is 4.98 Å². The van der Waals surface area contributed by atoms with Crippen LogP contribution in [0.25, 0.3) is 0 Å². The predicted octanol–water partition coefficient (Wildman–Crippen LogP) is 1.30. The zero-order valence-electron chi connectivity index (χ0n) is 9.60. The summed E-state index contributed by atoms with van der Waals surface area (Å²) < 4.78 is 27.1. The lowest BCUT2D eigenvalue weighted by Crippen LogP contribution is -2.37. The maximum Gasteiger partial charge on any atom is 0.242 e. The summed E-state index contributed by atoms with van der Waals surface area (Å²) in [4.78, 5) is 4.03. The highest BCUT2D eigenvalue weighted by Gasteiger charge is 2.19. The van der Waals surface area contributed by atoms with Crippen LogP contribution in [0.5, 0.6) is 0 Å². The largest absolute Gasteiger partial charge is 0.313 e. The molecule has 18 heavy (non-hydrogen) atoms. The van der Waals surface area contributed by atoms with E-state index in [0.29, 0.717) is 11.0 Å². The third kappa shape index (κ3) is 4.17. The lowest BCUT2D eigenvalue weighted by Gasteiger charge is -2.11. The van der Waals surface area contributed by atoms with Crippen LogP contribution in [0, 0.1) is 0 Å². The van der Waals surface area contributed by atoms with Crippen molar-refractivity contribution in [3.63, 3.8) is 0 Å². The number of pyridine rings is 1. The van der Waals surface area contributed by atoms with E-state index in [2.05, 4.69) is 31.0 Å². The highest BCUT2D eigenvalue weighted by atomic mass is 79.9. The lowest BCUT2D eigenvalue weighted by molar-refractivity contribution is 0.551. The predicted molar refractivity (Wildman–Crippen MR) is 75.4 cm³/mol. The van der Waals surface area contributed by atoms with Gasteiger partial charge in [0.15, 0.2) is 0 Å². The zero-order chi connectivity index (χ0) is 12.3. The summed E-state index contributed by atoms with van der Waals surface area (Å²) in [6.07, 6.45) is 5.01. The maximum atomic E-state index is 11.9. The number of halogens is 2.